The molecule has 152 valence electrons. The van der Waals surface area contributed by atoms with Crippen LogP contribution in [-0.2, 0) is 6.18 Å². The summed E-state index contributed by atoms with van der Waals surface area (Å²) in [5, 5.41) is 13.9. The van der Waals surface area contributed by atoms with Crippen LogP contribution in [0, 0.1) is 10.1 Å². The van der Waals surface area contributed by atoms with Gasteiger partial charge in [-0.05, 0) is 30.3 Å². The highest BCUT2D eigenvalue weighted by Crippen LogP contribution is 2.38. The van der Waals surface area contributed by atoms with Gasteiger partial charge in [0.1, 0.15) is 12.7 Å². The first-order valence-electron chi connectivity index (χ1n) is 8.31. The van der Waals surface area contributed by atoms with E-state index in [2.05, 4.69) is 20.3 Å². The van der Waals surface area contributed by atoms with Crippen LogP contribution in [0.1, 0.15) is 5.56 Å². The molecule has 4 aromatic rings. The molecule has 0 atom stereocenters. The van der Waals surface area contributed by atoms with E-state index in [0.717, 1.165) is 18.5 Å². The van der Waals surface area contributed by atoms with E-state index < -0.39 is 27.4 Å². The maximum Gasteiger partial charge on any atom is 0.417 e. The average molecular weight is 435 g/mol. The molecule has 2 aromatic carbocycles. The van der Waals surface area contributed by atoms with Gasteiger partial charge in [-0.2, -0.15) is 13.2 Å². The van der Waals surface area contributed by atoms with Gasteiger partial charge in [0.15, 0.2) is 0 Å². The number of fused-ring (bicyclic) bond motifs is 1. The first kappa shape index (κ1) is 19.6. The minimum absolute atomic E-state index is 0.0741. The third-order valence-electron chi connectivity index (χ3n) is 4.20. The minimum atomic E-state index is -4.69. The van der Waals surface area contributed by atoms with Crippen LogP contribution in [-0.4, -0.2) is 24.4 Å². The molecule has 0 aliphatic carbocycles. The molecule has 0 saturated carbocycles. The molecule has 0 fully saturated rings. The predicted octanol–water partition coefficient (Wildman–Crippen LogP) is 5.14. The van der Waals surface area contributed by atoms with Gasteiger partial charge in [-0.3, -0.25) is 14.7 Å². The zero-order chi connectivity index (χ0) is 21.5. The van der Waals surface area contributed by atoms with Crippen molar-refractivity contribution < 1.29 is 18.1 Å². The van der Waals surface area contributed by atoms with Gasteiger partial charge in [0.05, 0.1) is 26.5 Å². The van der Waals surface area contributed by atoms with Crippen LogP contribution in [0.4, 0.5) is 30.4 Å². The second-order valence-corrected chi connectivity index (χ2v) is 6.48. The number of imidazole rings is 1. The molecule has 12 heteroatoms. The van der Waals surface area contributed by atoms with Gasteiger partial charge in [-0.15, -0.1) is 0 Å². The number of nitrogens with zero attached hydrogens (tertiary/aromatic N) is 5. The highest BCUT2D eigenvalue weighted by atomic mass is 35.5. The van der Waals surface area contributed by atoms with Crippen LogP contribution in [0.2, 0.25) is 5.02 Å². The number of para-hydroxylation sites is 2. The number of nitrogens with one attached hydrogen (secondary N) is 1. The molecule has 2 aromatic heterocycles. The van der Waals surface area contributed by atoms with E-state index in [0.29, 0.717) is 11.0 Å². The number of aromatic nitrogens is 4. The molecule has 0 radical (unpaired) electrons. The van der Waals surface area contributed by atoms with Crippen molar-refractivity contribution in [2.45, 2.75) is 6.18 Å². The number of rotatable bonds is 4. The standard InChI is InChI=1S/C18H10ClF3N6O2/c19-12-6-5-10(7-11(12)18(20,21)22)26-16-15(28(29)30)17(24-8-23-16)27-9-25-13-3-1-2-4-14(13)27/h1-9H,(H,23,24,26). The van der Waals surface area contributed by atoms with Crippen LogP contribution >= 0.6 is 11.6 Å². The third kappa shape index (κ3) is 3.50. The third-order valence-corrected chi connectivity index (χ3v) is 4.53. The molecule has 0 spiro atoms. The predicted molar refractivity (Wildman–Crippen MR) is 103 cm³/mol. The number of nitro groups is 1. The number of alkyl halides is 3. The molecule has 1 N–H and O–H groups in total. The van der Waals surface area contributed by atoms with Crippen LogP contribution < -0.4 is 5.32 Å². The van der Waals surface area contributed by atoms with Crippen LogP contribution in [0.25, 0.3) is 16.9 Å². The van der Waals surface area contributed by atoms with Crippen LogP contribution in [0.3, 0.4) is 0 Å². The maximum absolute atomic E-state index is 13.1. The summed E-state index contributed by atoms with van der Waals surface area (Å²) in [6, 6.07) is 9.99. The largest absolute Gasteiger partial charge is 0.417 e. The van der Waals surface area contributed by atoms with Crippen LogP contribution in [0.5, 0.6) is 0 Å². The van der Waals surface area contributed by atoms with Crippen molar-refractivity contribution in [2.24, 2.45) is 0 Å². The fourth-order valence-corrected chi connectivity index (χ4v) is 3.12. The molecule has 0 aliphatic rings. The lowest BCUT2D eigenvalue weighted by Crippen LogP contribution is -2.09. The second kappa shape index (κ2) is 7.26. The van der Waals surface area contributed by atoms with E-state index in [1.807, 2.05) is 0 Å². The Morgan fingerprint density at radius 2 is 1.87 bits per heavy atom. The maximum atomic E-state index is 13.1. The van der Waals surface area contributed by atoms with Crippen molar-refractivity contribution in [3.05, 3.63) is 75.8 Å². The Morgan fingerprint density at radius 3 is 2.60 bits per heavy atom. The molecule has 2 heterocycles. The van der Waals surface area contributed by atoms with E-state index in [1.165, 1.54) is 17.0 Å². The fourth-order valence-electron chi connectivity index (χ4n) is 2.89. The van der Waals surface area contributed by atoms with E-state index in [-0.39, 0.29) is 17.3 Å². The Morgan fingerprint density at radius 1 is 1.10 bits per heavy atom. The van der Waals surface area contributed by atoms with E-state index in [1.54, 1.807) is 24.3 Å². The number of hydrogen-bond donors (Lipinski definition) is 1. The summed E-state index contributed by atoms with van der Waals surface area (Å²) >= 11 is 5.62. The Kier molecular flexibility index (Phi) is 4.74. The number of hydrogen-bond acceptors (Lipinski definition) is 6. The lowest BCUT2D eigenvalue weighted by atomic mass is 10.2. The molecule has 0 bridgehead atoms. The Labute approximate surface area is 171 Å². The van der Waals surface area contributed by atoms with Gasteiger partial charge >= 0.3 is 11.9 Å². The van der Waals surface area contributed by atoms with Crippen LogP contribution in [0.15, 0.2) is 55.1 Å². The van der Waals surface area contributed by atoms with E-state index >= 15 is 0 Å². The highest BCUT2D eigenvalue weighted by molar-refractivity contribution is 6.31. The Balaban J connectivity index is 1.83. The highest BCUT2D eigenvalue weighted by Gasteiger charge is 2.34. The van der Waals surface area contributed by atoms with E-state index in [4.69, 9.17) is 11.6 Å². The summed E-state index contributed by atoms with van der Waals surface area (Å²) in [4.78, 5) is 23.1. The van der Waals surface area contributed by atoms with Gasteiger partial charge in [0.2, 0.25) is 11.6 Å². The summed E-state index contributed by atoms with van der Waals surface area (Å²) in [5.41, 5.74) is -0.519. The van der Waals surface area contributed by atoms with Crippen molar-refractivity contribution in [3.8, 4) is 5.82 Å². The lowest BCUT2D eigenvalue weighted by Gasteiger charge is -2.13. The molecular weight excluding hydrogens is 425 g/mol. The molecule has 0 aliphatic heterocycles. The van der Waals surface area contributed by atoms with Gasteiger partial charge in [0, 0.05) is 5.69 Å². The quantitative estimate of drug-likeness (QED) is 0.353. The fraction of sp³-hybridized carbons (Fsp3) is 0.0556. The Bertz CT molecular complexity index is 1270. The molecule has 0 amide bonds. The van der Waals surface area contributed by atoms with Crippen molar-refractivity contribution in [1.82, 2.24) is 19.5 Å². The summed E-state index contributed by atoms with van der Waals surface area (Å²) in [6.45, 7) is 0. The summed E-state index contributed by atoms with van der Waals surface area (Å²) < 4.78 is 40.8. The molecule has 4 rings (SSSR count). The smallest absolute Gasteiger partial charge is 0.334 e. The average Bonchev–Trinajstić information content (AvgIpc) is 3.12. The normalized spacial score (nSPS) is 11.6. The molecular formula is C18H10ClF3N6O2. The number of halogens is 4. The molecule has 30 heavy (non-hydrogen) atoms. The van der Waals surface area contributed by atoms with Gasteiger partial charge in [-0.25, -0.2) is 15.0 Å². The topological polar surface area (TPSA) is 98.8 Å². The lowest BCUT2D eigenvalue weighted by molar-refractivity contribution is -0.384. The van der Waals surface area contributed by atoms with Crippen molar-refractivity contribution in [3.63, 3.8) is 0 Å². The second-order valence-electron chi connectivity index (χ2n) is 6.07. The van der Waals surface area contributed by atoms with Gasteiger partial charge < -0.3 is 5.32 Å². The molecule has 8 nitrogen and oxygen atoms in total. The van der Waals surface area contributed by atoms with Gasteiger partial charge in [0.25, 0.3) is 0 Å². The summed E-state index contributed by atoms with van der Waals surface area (Å²) in [5.74, 6) is -0.366. The minimum Gasteiger partial charge on any atom is -0.334 e. The zero-order valence-corrected chi connectivity index (χ0v) is 15.5. The number of anilines is 2. The SMILES string of the molecule is O=[N+]([O-])c1c(Nc2ccc(Cl)c(C(F)(F)F)c2)ncnc1-n1cnc2ccccc21. The van der Waals surface area contributed by atoms with Crippen molar-refractivity contribution in [1.29, 1.82) is 0 Å². The number of benzene rings is 2. The molecule has 0 saturated heterocycles. The van der Waals surface area contributed by atoms with Crippen molar-refractivity contribution >= 4 is 39.8 Å². The zero-order valence-electron chi connectivity index (χ0n) is 14.8. The van der Waals surface area contributed by atoms with Gasteiger partial charge in [-0.1, -0.05) is 23.7 Å². The first-order valence-corrected chi connectivity index (χ1v) is 8.69. The molecule has 0 unspecified atom stereocenters. The summed E-state index contributed by atoms with van der Waals surface area (Å²) in [6.07, 6.45) is -2.25. The Hall–Kier alpha value is -3.73. The monoisotopic (exact) mass is 434 g/mol. The van der Waals surface area contributed by atoms with Crippen molar-refractivity contribution in [2.75, 3.05) is 5.32 Å². The summed E-state index contributed by atoms with van der Waals surface area (Å²) in [7, 11) is 0. The van der Waals surface area contributed by atoms with E-state index in [9.17, 15) is 23.3 Å². The first-order chi connectivity index (χ1) is 14.3.